The van der Waals surface area contributed by atoms with Gasteiger partial charge in [-0.25, -0.2) is 0 Å². The van der Waals surface area contributed by atoms with Gasteiger partial charge in [0.05, 0.1) is 12.0 Å². The molecule has 1 heterocycles. The van der Waals surface area contributed by atoms with E-state index in [1.54, 1.807) is 6.26 Å². The van der Waals surface area contributed by atoms with Crippen molar-refractivity contribution in [2.24, 2.45) is 11.3 Å². The fraction of sp³-hybridized carbons (Fsp3) is 0.692. The average Bonchev–Trinajstić information content (AvgIpc) is 2.10. The van der Waals surface area contributed by atoms with Crippen LogP contribution in [0.2, 0.25) is 0 Å². The van der Waals surface area contributed by atoms with Gasteiger partial charge in [-0.05, 0) is 36.8 Å². The van der Waals surface area contributed by atoms with Crippen molar-refractivity contribution in [1.29, 1.82) is 0 Å². The summed E-state index contributed by atoms with van der Waals surface area (Å²) in [5, 5.41) is 0. The number of ether oxygens (including phenoxy) is 2. The first-order chi connectivity index (χ1) is 6.99. The third kappa shape index (κ3) is 4.91. The van der Waals surface area contributed by atoms with Crippen molar-refractivity contribution in [3.8, 4) is 0 Å². The first-order valence-electron chi connectivity index (χ1n) is 5.60. The highest BCUT2D eigenvalue weighted by Gasteiger charge is 2.17. The first kappa shape index (κ1) is 12.2. The van der Waals surface area contributed by atoms with Crippen LogP contribution in [0.3, 0.4) is 0 Å². The molecule has 0 aromatic rings. The zero-order valence-electron chi connectivity index (χ0n) is 10.2. The summed E-state index contributed by atoms with van der Waals surface area (Å²) in [5.41, 5.74) is 0.181. The molecule has 0 aromatic heterocycles. The summed E-state index contributed by atoms with van der Waals surface area (Å²) >= 11 is 0. The van der Waals surface area contributed by atoms with Crippen molar-refractivity contribution < 1.29 is 9.47 Å². The van der Waals surface area contributed by atoms with Gasteiger partial charge in [0, 0.05) is 0 Å². The van der Waals surface area contributed by atoms with Crippen molar-refractivity contribution in [3.05, 3.63) is 24.2 Å². The molecule has 1 aliphatic heterocycles. The second kappa shape index (κ2) is 5.24. The Morgan fingerprint density at radius 2 is 2.07 bits per heavy atom. The molecule has 0 saturated heterocycles. The van der Waals surface area contributed by atoms with E-state index in [9.17, 15) is 0 Å². The van der Waals surface area contributed by atoms with Crippen LogP contribution in [0.4, 0.5) is 0 Å². The van der Waals surface area contributed by atoms with Crippen LogP contribution < -0.4 is 0 Å². The summed E-state index contributed by atoms with van der Waals surface area (Å²) in [4.78, 5) is 0. The smallest absolute Gasteiger partial charge is 0.122 e. The molecule has 0 radical (unpaired) electrons. The Labute approximate surface area is 93.0 Å². The van der Waals surface area contributed by atoms with Crippen molar-refractivity contribution in [1.82, 2.24) is 0 Å². The Hall–Kier alpha value is -0.920. The molecule has 0 unspecified atom stereocenters. The zero-order chi connectivity index (χ0) is 11.3. The maximum atomic E-state index is 5.51. The Balaban J connectivity index is 2.71. The molecule has 0 N–H and O–H groups in total. The van der Waals surface area contributed by atoms with Crippen molar-refractivity contribution in [2.45, 2.75) is 34.1 Å². The fourth-order valence-corrected chi connectivity index (χ4v) is 1.96. The molecule has 1 aliphatic rings. The van der Waals surface area contributed by atoms with E-state index in [0.29, 0.717) is 19.1 Å². The molecule has 0 bridgehead atoms. The highest BCUT2D eigenvalue weighted by atomic mass is 16.5. The Morgan fingerprint density at radius 3 is 2.80 bits per heavy atom. The molecule has 86 valence electrons. The lowest BCUT2D eigenvalue weighted by Crippen LogP contribution is -2.11. The first-order valence-corrected chi connectivity index (χ1v) is 5.60. The van der Waals surface area contributed by atoms with Gasteiger partial charge in [0.15, 0.2) is 0 Å². The Kier molecular flexibility index (Phi) is 4.25. The molecule has 1 rings (SSSR count). The number of rotatable bonds is 0. The molecule has 0 fully saturated rings. The highest BCUT2D eigenvalue weighted by molar-refractivity contribution is 4.98. The SMILES string of the molecule is C/C1=C\[C@H](C)CC(C)(C)/C=C/OCCO1. The van der Waals surface area contributed by atoms with Gasteiger partial charge in [0.1, 0.15) is 13.2 Å². The van der Waals surface area contributed by atoms with Gasteiger partial charge < -0.3 is 9.47 Å². The van der Waals surface area contributed by atoms with Gasteiger partial charge in [-0.15, -0.1) is 0 Å². The lowest BCUT2D eigenvalue weighted by Gasteiger charge is -2.22. The molecule has 2 nitrogen and oxygen atoms in total. The minimum atomic E-state index is 0.181. The van der Waals surface area contributed by atoms with E-state index in [1.807, 2.05) is 6.92 Å². The van der Waals surface area contributed by atoms with Crippen LogP contribution in [0.1, 0.15) is 34.1 Å². The van der Waals surface area contributed by atoms with Crippen molar-refractivity contribution >= 4 is 0 Å². The van der Waals surface area contributed by atoms with Gasteiger partial charge in [-0.2, -0.15) is 0 Å². The van der Waals surface area contributed by atoms with Gasteiger partial charge in [0.25, 0.3) is 0 Å². The second-order valence-electron chi connectivity index (χ2n) is 4.97. The fourth-order valence-electron chi connectivity index (χ4n) is 1.96. The molecule has 0 spiro atoms. The summed E-state index contributed by atoms with van der Waals surface area (Å²) in [6.45, 7) is 9.93. The molecule has 0 aliphatic carbocycles. The van der Waals surface area contributed by atoms with Gasteiger partial charge >= 0.3 is 0 Å². The van der Waals surface area contributed by atoms with Gasteiger partial charge in [-0.3, -0.25) is 0 Å². The lowest BCUT2D eigenvalue weighted by molar-refractivity contribution is 0.132. The maximum Gasteiger partial charge on any atom is 0.122 e. The predicted molar refractivity (Wildman–Crippen MR) is 62.4 cm³/mol. The predicted octanol–water partition coefficient (Wildman–Crippen LogP) is 3.50. The van der Waals surface area contributed by atoms with Gasteiger partial charge in [0.2, 0.25) is 0 Å². The van der Waals surface area contributed by atoms with Crippen LogP contribution in [0.5, 0.6) is 0 Å². The highest BCUT2D eigenvalue weighted by Crippen LogP contribution is 2.28. The molecule has 0 amide bonds. The van der Waals surface area contributed by atoms with E-state index in [2.05, 4.69) is 32.9 Å². The summed E-state index contributed by atoms with van der Waals surface area (Å²) in [5.74, 6) is 1.53. The van der Waals surface area contributed by atoms with Gasteiger partial charge in [-0.1, -0.05) is 20.8 Å². The Bertz CT molecular complexity index is 251. The van der Waals surface area contributed by atoms with Crippen molar-refractivity contribution in [3.63, 3.8) is 0 Å². The number of allylic oxidation sites excluding steroid dienone is 3. The van der Waals surface area contributed by atoms with Crippen LogP contribution in [-0.4, -0.2) is 13.2 Å². The normalized spacial score (nSPS) is 32.5. The largest absolute Gasteiger partial charge is 0.498 e. The third-order valence-electron chi connectivity index (χ3n) is 2.51. The minimum Gasteiger partial charge on any atom is -0.498 e. The van der Waals surface area contributed by atoms with Crippen molar-refractivity contribution in [2.75, 3.05) is 13.2 Å². The Morgan fingerprint density at radius 1 is 1.33 bits per heavy atom. The molecular formula is C13H22O2. The van der Waals surface area contributed by atoms with Crippen LogP contribution in [0.15, 0.2) is 24.2 Å². The van der Waals surface area contributed by atoms with E-state index in [1.165, 1.54) is 0 Å². The quantitative estimate of drug-likeness (QED) is 0.609. The summed E-state index contributed by atoms with van der Waals surface area (Å²) in [7, 11) is 0. The van der Waals surface area contributed by atoms with E-state index < -0.39 is 0 Å². The molecule has 2 heteroatoms. The zero-order valence-corrected chi connectivity index (χ0v) is 10.2. The lowest BCUT2D eigenvalue weighted by atomic mass is 9.83. The molecule has 1 atom stereocenters. The van der Waals surface area contributed by atoms with E-state index in [-0.39, 0.29) is 5.41 Å². The maximum absolute atomic E-state index is 5.51. The monoisotopic (exact) mass is 210 g/mol. The van der Waals surface area contributed by atoms with Crippen LogP contribution in [0.25, 0.3) is 0 Å². The molecule has 15 heavy (non-hydrogen) atoms. The second-order valence-corrected chi connectivity index (χ2v) is 4.97. The van der Waals surface area contributed by atoms with Crippen LogP contribution in [0, 0.1) is 11.3 Å². The molecule has 0 aromatic carbocycles. The average molecular weight is 210 g/mol. The van der Waals surface area contributed by atoms with E-state index >= 15 is 0 Å². The van der Waals surface area contributed by atoms with E-state index in [4.69, 9.17) is 9.47 Å². The minimum absolute atomic E-state index is 0.181. The molecule has 0 saturated carbocycles. The summed E-state index contributed by atoms with van der Waals surface area (Å²) in [6.07, 6.45) is 7.24. The molecular weight excluding hydrogens is 188 g/mol. The third-order valence-corrected chi connectivity index (χ3v) is 2.51. The summed E-state index contributed by atoms with van der Waals surface area (Å²) in [6, 6.07) is 0. The summed E-state index contributed by atoms with van der Waals surface area (Å²) < 4.78 is 10.9. The number of hydrogen-bond donors (Lipinski definition) is 0. The van der Waals surface area contributed by atoms with Crippen LogP contribution in [-0.2, 0) is 9.47 Å². The number of hydrogen-bond acceptors (Lipinski definition) is 2. The van der Waals surface area contributed by atoms with Crippen LogP contribution >= 0.6 is 0 Å². The van der Waals surface area contributed by atoms with E-state index in [0.717, 1.165) is 12.2 Å². The standard InChI is InChI=1S/C13H22O2/c1-11-9-12(2)15-8-7-14-6-5-13(3,4)10-11/h5-6,9,11H,7-8,10H2,1-4H3/b6-5+,12-9+/t11-/m0/s1. The topological polar surface area (TPSA) is 18.5 Å².